The van der Waals surface area contributed by atoms with Crippen molar-refractivity contribution in [2.24, 2.45) is 0 Å². The molecular formula is C30H29NO. The van der Waals surface area contributed by atoms with Crippen molar-refractivity contribution in [3.05, 3.63) is 113 Å². The number of aliphatic hydroxyl groups is 1. The Hall–Kier alpha value is -3.36. The SMILES string of the molecule is Cc1cc(C)cc(N(c2cccc(CO)c2)c2ccc3c(c2)C(C)(C)c2ccccc2-3)c1. The number of fused-ring (bicyclic) bond motifs is 3. The molecule has 160 valence electrons. The van der Waals surface area contributed by atoms with Gasteiger partial charge in [0.25, 0.3) is 0 Å². The third kappa shape index (κ3) is 3.32. The Kier molecular flexibility index (Phi) is 4.91. The van der Waals surface area contributed by atoms with Crippen molar-refractivity contribution in [2.45, 2.75) is 39.7 Å². The summed E-state index contributed by atoms with van der Waals surface area (Å²) in [5.74, 6) is 0. The molecule has 0 aliphatic heterocycles. The highest BCUT2D eigenvalue weighted by Gasteiger charge is 2.35. The number of hydrogen-bond acceptors (Lipinski definition) is 2. The van der Waals surface area contributed by atoms with E-state index in [4.69, 9.17) is 0 Å². The Bertz CT molecular complexity index is 1300. The van der Waals surface area contributed by atoms with E-state index in [-0.39, 0.29) is 12.0 Å². The Morgan fingerprint density at radius 1 is 0.656 bits per heavy atom. The second-order valence-electron chi connectivity index (χ2n) is 9.41. The first-order valence-corrected chi connectivity index (χ1v) is 11.2. The molecule has 0 amide bonds. The van der Waals surface area contributed by atoms with E-state index in [0.29, 0.717) is 0 Å². The topological polar surface area (TPSA) is 23.5 Å². The molecule has 0 heterocycles. The number of hydrogen-bond donors (Lipinski definition) is 1. The van der Waals surface area contributed by atoms with Gasteiger partial charge in [-0.2, -0.15) is 0 Å². The van der Waals surface area contributed by atoms with Crippen molar-refractivity contribution in [1.29, 1.82) is 0 Å². The van der Waals surface area contributed by atoms with E-state index in [0.717, 1.165) is 22.6 Å². The zero-order valence-electron chi connectivity index (χ0n) is 19.2. The minimum absolute atomic E-state index is 0.0288. The number of aliphatic hydroxyl groups excluding tert-OH is 1. The lowest BCUT2D eigenvalue weighted by Gasteiger charge is -2.29. The van der Waals surface area contributed by atoms with E-state index in [1.54, 1.807) is 0 Å². The molecule has 0 saturated heterocycles. The summed E-state index contributed by atoms with van der Waals surface area (Å²) in [6.45, 7) is 8.94. The zero-order valence-corrected chi connectivity index (χ0v) is 19.2. The molecule has 0 unspecified atom stereocenters. The summed E-state index contributed by atoms with van der Waals surface area (Å²) in [6.07, 6.45) is 0. The standard InChI is InChI=1S/C30H29NO/c1-20-14-21(2)16-25(15-20)31(23-9-7-8-22(17-23)19-32)24-12-13-27-26-10-5-6-11-28(26)30(3,4)29(27)18-24/h5-18,32H,19H2,1-4H3. The predicted octanol–water partition coefficient (Wildman–Crippen LogP) is 7.57. The van der Waals surface area contributed by atoms with Crippen LogP contribution in [0.4, 0.5) is 17.1 Å². The molecule has 0 radical (unpaired) electrons. The van der Waals surface area contributed by atoms with E-state index in [9.17, 15) is 5.11 Å². The first kappa shape index (κ1) is 20.5. The van der Waals surface area contributed by atoms with E-state index >= 15 is 0 Å². The zero-order chi connectivity index (χ0) is 22.5. The molecule has 0 spiro atoms. The van der Waals surface area contributed by atoms with Crippen LogP contribution in [0.3, 0.4) is 0 Å². The van der Waals surface area contributed by atoms with Gasteiger partial charge in [-0.25, -0.2) is 0 Å². The van der Waals surface area contributed by atoms with E-state index in [2.05, 4.69) is 105 Å². The molecule has 0 fully saturated rings. The monoisotopic (exact) mass is 419 g/mol. The van der Waals surface area contributed by atoms with Crippen LogP contribution in [-0.4, -0.2) is 5.11 Å². The molecular weight excluding hydrogens is 390 g/mol. The van der Waals surface area contributed by atoms with Gasteiger partial charge in [0.05, 0.1) is 6.61 Å². The molecule has 0 bridgehead atoms. The molecule has 1 aliphatic carbocycles. The van der Waals surface area contributed by atoms with Crippen molar-refractivity contribution >= 4 is 17.1 Å². The average molecular weight is 420 g/mol. The van der Waals surface area contributed by atoms with Gasteiger partial charge >= 0.3 is 0 Å². The Balaban J connectivity index is 1.72. The van der Waals surface area contributed by atoms with Gasteiger partial charge in [0.2, 0.25) is 0 Å². The molecule has 0 atom stereocenters. The van der Waals surface area contributed by atoms with Crippen LogP contribution in [-0.2, 0) is 12.0 Å². The molecule has 2 heteroatoms. The molecule has 4 aromatic carbocycles. The van der Waals surface area contributed by atoms with Crippen LogP contribution in [0.2, 0.25) is 0 Å². The largest absolute Gasteiger partial charge is 0.392 e. The fourth-order valence-corrected chi connectivity index (χ4v) is 5.15. The first-order valence-electron chi connectivity index (χ1n) is 11.2. The lowest BCUT2D eigenvalue weighted by molar-refractivity contribution is 0.282. The minimum atomic E-state index is -0.0525. The van der Waals surface area contributed by atoms with Gasteiger partial charge in [-0.15, -0.1) is 0 Å². The van der Waals surface area contributed by atoms with Crippen LogP contribution >= 0.6 is 0 Å². The fraction of sp³-hybridized carbons (Fsp3) is 0.200. The van der Waals surface area contributed by atoms with Crippen molar-refractivity contribution in [3.63, 3.8) is 0 Å². The van der Waals surface area contributed by atoms with Gasteiger partial charge < -0.3 is 10.0 Å². The Labute approximate surface area is 190 Å². The van der Waals surface area contributed by atoms with Crippen LogP contribution in [0.5, 0.6) is 0 Å². The summed E-state index contributed by atoms with van der Waals surface area (Å²) >= 11 is 0. The summed E-state index contributed by atoms with van der Waals surface area (Å²) in [5, 5.41) is 9.75. The molecule has 4 aromatic rings. The van der Waals surface area contributed by atoms with Gasteiger partial charge in [-0.1, -0.05) is 62.4 Å². The van der Waals surface area contributed by atoms with Crippen LogP contribution < -0.4 is 4.90 Å². The summed E-state index contributed by atoms with van der Waals surface area (Å²) in [4.78, 5) is 2.30. The Morgan fingerprint density at radius 3 is 2.09 bits per heavy atom. The predicted molar refractivity (Wildman–Crippen MR) is 134 cm³/mol. The van der Waals surface area contributed by atoms with Gasteiger partial charge in [0.1, 0.15) is 0 Å². The van der Waals surface area contributed by atoms with Crippen molar-refractivity contribution in [3.8, 4) is 11.1 Å². The molecule has 32 heavy (non-hydrogen) atoms. The van der Waals surface area contributed by atoms with Crippen LogP contribution in [0.25, 0.3) is 11.1 Å². The quantitative estimate of drug-likeness (QED) is 0.369. The summed E-state index contributed by atoms with van der Waals surface area (Å²) in [6, 6.07) is 30.4. The Morgan fingerprint density at radius 2 is 1.34 bits per heavy atom. The maximum absolute atomic E-state index is 9.75. The fourth-order valence-electron chi connectivity index (χ4n) is 5.15. The van der Waals surface area contributed by atoms with Gasteiger partial charge in [0.15, 0.2) is 0 Å². The summed E-state index contributed by atoms with van der Waals surface area (Å²) in [7, 11) is 0. The number of anilines is 3. The third-order valence-electron chi connectivity index (χ3n) is 6.64. The highest BCUT2D eigenvalue weighted by atomic mass is 16.3. The van der Waals surface area contributed by atoms with E-state index < -0.39 is 0 Å². The van der Waals surface area contributed by atoms with Crippen LogP contribution in [0.15, 0.2) is 84.9 Å². The minimum Gasteiger partial charge on any atom is -0.392 e. The van der Waals surface area contributed by atoms with Gasteiger partial charge in [-0.3, -0.25) is 0 Å². The smallest absolute Gasteiger partial charge is 0.0682 e. The third-order valence-corrected chi connectivity index (χ3v) is 6.64. The number of nitrogens with zero attached hydrogens (tertiary/aromatic N) is 1. The van der Waals surface area contributed by atoms with Crippen LogP contribution in [0.1, 0.15) is 41.7 Å². The second kappa shape index (κ2) is 7.65. The van der Waals surface area contributed by atoms with E-state index in [1.807, 2.05) is 12.1 Å². The summed E-state index contributed by atoms with van der Waals surface area (Å²) < 4.78 is 0. The molecule has 0 saturated carbocycles. The molecule has 1 N–H and O–H groups in total. The molecule has 2 nitrogen and oxygen atoms in total. The highest BCUT2D eigenvalue weighted by Crippen LogP contribution is 2.50. The van der Waals surface area contributed by atoms with Crippen molar-refractivity contribution < 1.29 is 5.11 Å². The first-order chi connectivity index (χ1) is 15.4. The molecule has 0 aromatic heterocycles. The highest BCUT2D eigenvalue weighted by molar-refractivity contribution is 5.85. The summed E-state index contributed by atoms with van der Waals surface area (Å²) in [5.41, 5.74) is 12.0. The maximum atomic E-state index is 9.75. The van der Waals surface area contributed by atoms with Crippen molar-refractivity contribution in [1.82, 2.24) is 0 Å². The number of benzene rings is 4. The number of rotatable bonds is 4. The second-order valence-corrected chi connectivity index (χ2v) is 9.41. The van der Waals surface area contributed by atoms with Gasteiger partial charge in [-0.05, 0) is 89.2 Å². The maximum Gasteiger partial charge on any atom is 0.0682 e. The van der Waals surface area contributed by atoms with Gasteiger partial charge in [0, 0.05) is 22.5 Å². The normalized spacial score (nSPS) is 13.5. The lowest BCUT2D eigenvalue weighted by atomic mass is 9.82. The number of aryl methyl sites for hydroxylation is 2. The van der Waals surface area contributed by atoms with Crippen molar-refractivity contribution in [2.75, 3.05) is 4.90 Å². The molecule has 1 aliphatic rings. The van der Waals surface area contributed by atoms with Crippen LogP contribution in [0, 0.1) is 13.8 Å². The lowest BCUT2D eigenvalue weighted by Crippen LogP contribution is -2.16. The molecule has 5 rings (SSSR count). The van der Waals surface area contributed by atoms with E-state index in [1.165, 1.54) is 33.4 Å². The average Bonchev–Trinajstić information content (AvgIpc) is 3.01.